The average molecular weight is 472 g/mol. The zero-order chi connectivity index (χ0) is 25.5. The highest BCUT2D eigenvalue weighted by molar-refractivity contribution is 5.91. The second kappa shape index (κ2) is 10.9. The van der Waals surface area contributed by atoms with Crippen LogP contribution in [0, 0.1) is 5.82 Å². The summed E-state index contributed by atoms with van der Waals surface area (Å²) in [5.74, 6) is -1.84. The normalized spacial score (nSPS) is 10.1. The minimum Gasteiger partial charge on any atom is -0.423 e. The Hall–Kier alpha value is -4.78. The molecule has 0 aromatic heterocycles. The molecule has 0 fully saturated rings. The number of hydrogen-bond donors (Lipinski definition) is 0. The maximum atomic E-state index is 15.2. The van der Waals surface area contributed by atoms with Crippen molar-refractivity contribution >= 4 is 17.9 Å². The maximum Gasteiger partial charge on any atom is 0.338 e. The van der Waals surface area contributed by atoms with Crippen molar-refractivity contribution in [3.8, 4) is 39.5 Å². The number of halogens is 1. The number of rotatable bonds is 8. The van der Waals surface area contributed by atoms with Crippen molar-refractivity contribution in [1.82, 2.24) is 0 Å². The molecule has 0 amide bonds. The first kappa shape index (κ1) is 24.9. The Morgan fingerprint density at radius 1 is 0.743 bits per heavy atom. The van der Waals surface area contributed by atoms with Crippen molar-refractivity contribution in [2.24, 2.45) is 0 Å². The third-order valence-corrected chi connectivity index (χ3v) is 4.72. The highest BCUT2D eigenvalue weighted by Gasteiger charge is 2.18. The summed E-state index contributed by atoms with van der Waals surface area (Å²) in [5.41, 5.74) is 1.62. The number of carbonyl (C=O) groups is 3. The topological polar surface area (TPSA) is 78.9 Å². The van der Waals surface area contributed by atoms with E-state index in [2.05, 4.69) is 19.7 Å². The first-order chi connectivity index (χ1) is 16.7. The van der Waals surface area contributed by atoms with Crippen LogP contribution in [0.25, 0.3) is 22.3 Å². The fraction of sp³-hybridized carbons (Fsp3) is 0.0357. The molecule has 176 valence electrons. The van der Waals surface area contributed by atoms with Gasteiger partial charge in [0, 0.05) is 28.9 Å². The molecule has 3 aromatic rings. The summed E-state index contributed by atoms with van der Waals surface area (Å²) in [6.07, 6.45) is 2.07. The highest BCUT2D eigenvalue weighted by Crippen LogP contribution is 2.38. The van der Waals surface area contributed by atoms with Gasteiger partial charge in [-0.2, -0.15) is 0 Å². The molecular weight excluding hydrogens is 451 g/mol. The van der Waals surface area contributed by atoms with Crippen LogP contribution in [0.4, 0.5) is 4.39 Å². The minimum atomic E-state index is -0.674. The van der Waals surface area contributed by atoms with Gasteiger partial charge in [-0.25, -0.2) is 18.8 Å². The summed E-state index contributed by atoms with van der Waals surface area (Å²) in [5, 5.41) is 0. The zero-order valence-corrected chi connectivity index (χ0v) is 18.9. The molecule has 0 bridgehead atoms. The molecule has 3 aromatic carbocycles. The van der Waals surface area contributed by atoms with Gasteiger partial charge in [-0.1, -0.05) is 44.0 Å². The fourth-order valence-corrected chi connectivity index (χ4v) is 2.99. The van der Waals surface area contributed by atoms with E-state index in [1.807, 2.05) is 0 Å². The Morgan fingerprint density at radius 2 is 1.20 bits per heavy atom. The van der Waals surface area contributed by atoms with E-state index in [4.69, 9.17) is 14.2 Å². The highest BCUT2D eigenvalue weighted by atomic mass is 19.1. The molecule has 0 aliphatic heterocycles. The third-order valence-electron chi connectivity index (χ3n) is 4.72. The van der Waals surface area contributed by atoms with Crippen LogP contribution in [0.5, 0.6) is 17.2 Å². The maximum absolute atomic E-state index is 15.2. The van der Waals surface area contributed by atoms with Gasteiger partial charge in [0.05, 0.1) is 0 Å². The van der Waals surface area contributed by atoms with Gasteiger partial charge in [0.1, 0.15) is 23.1 Å². The number of benzene rings is 3. The van der Waals surface area contributed by atoms with E-state index < -0.39 is 23.7 Å². The van der Waals surface area contributed by atoms with E-state index in [1.54, 1.807) is 24.3 Å². The van der Waals surface area contributed by atoms with Crippen molar-refractivity contribution in [3.63, 3.8) is 0 Å². The molecule has 0 saturated heterocycles. The second-order valence-electron chi connectivity index (χ2n) is 7.30. The third kappa shape index (κ3) is 6.17. The molecule has 0 atom stereocenters. The Morgan fingerprint density at radius 3 is 1.63 bits per heavy atom. The van der Waals surface area contributed by atoms with E-state index in [-0.39, 0.29) is 28.4 Å². The first-order valence-electron chi connectivity index (χ1n) is 10.3. The minimum absolute atomic E-state index is 0.104. The SMILES string of the molecule is C=CC(=O)Oc1ccc(-c2cc(OC(=O)C(=C)C)c(-c3ccc(OC(=O)C=C)cc3)cc2F)cc1. The van der Waals surface area contributed by atoms with Gasteiger partial charge in [-0.15, -0.1) is 0 Å². The quantitative estimate of drug-likeness (QED) is 0.233. The Labute approximate surface area is 201 Å². The Kier molecular flexibility index (Phi) is 7.74. The van der Waals surface area contributed by atoms with Crippen LogP contribution in [0.2, 0.25) is 0 Å². The van der Waals surface area contributed by atoms with Crippen LogP contribution in [0.15, 0.2) is 98.1 Å². The average Bonchev–Trinajstić information content (AvgIpc) is 2.85. The van der Waals surface area contributed by atoms with Gasteiger partial charge in [0.2, 0.25) is 0 Å². The Balaban J connectivity index is 2.03. The van der Waals surface area contributed by atoms with Gasteiger partial charge >= 0.3 is 17.9 Å². The van der Waals surface area contributed by atoms with Crippen molar-refractivity contribution in [3.05, 3.63) is 104 Å². The molecule has 0 aliphatic carbocycles. The summed E-state index contributed by atoms with van der Waals surface area (Å²) >= 11 is 0. The summed E-state index contributed by atoms with van der Waals surface area (Å²) in [4.78, 5) is 35.0. The molecule has 0 saturated carbocycles. The molecule has 35 heavy (non-hydrogen) atoms. The van der Waals surface area contributed by atoms with Crippen LogP contribution in [0.1, 0.15) is 6.92 Å². The summed E-state index contributed by atoms with van der Waals surface area (Å²) in [7, 11) is 0. The predicted octanol–water partition coefficient (Wildman–Crippen LogP) is 5.82. The molecule has 6 nitrogen and oxygen atoms in total. The van der Waals surface area contributed by atoms with E-state index in [0.29, 0.717) is 16.7 Å². The van der Waals surface area contributed by atoms with Crippen molar-refractivity contribution in [2.45, 2.75) is 6.92 Å². The number of hydrogen-bond acceptors (Lipinski definition) is 6. The summed E-state index contributed by atoms with van der Waals surface area (Å²) in [6, 6.07) is 15.0. The van der Waals surface area contributed by atoms with Crippen LogP contribution in [-0.4, -0.2) is 17.9 Å². The number of carbonyl (C=O) groups excluding carboxylic acids is 3. The molecule has 3 rings (SSSR count). The lowest BCUT2D eigenvalue weighted by atomic mass is 9.98. The van der Waals surface area contributed by atoms with Gasteiger partial charge in [-0.3, -0.25) is 0 Å². The number of esters is 3. The van der Waals surface area contributed by atoms with Gasteiger partial charge in [-0.05, 0) is 54.4 Å². The Bertz CT molecular complexity index is 1320. The summed E-state index contributed by atoms with van der Waals surface area (Å²) < 4.78 is 30.8. The molecular formula is C28H21FO6. The van der Waals surface area contributed by atoms with Crippen LogP contribution in [0.3, 0.4) is 0 Å². The standard InChI is InChI=1S/C28H21FO6/c1-5-26(30)33-20-11-7-18(8-12-20)22-16-25(35-28(32)17(3)4)23(15-24(22)29)19-9-13-21(14-10-19)34-27(31)6-2/h5-16H,1-3H2,4H3. The van der Waals surface area contributed by atoms with Gasteiger partial charge in [0.15, 0.2) is 0 Å². The predicted molar refractivity (Wildman–Crippen MR) is 129 cm³/mol. The van der Waals surface area contributed by atoms with Crippen LogP contribution < -0.4 is 14.2 Å². The van der Waals surface area contributed by atoms with E-state index in [9.17, 15) is 14.4 Å². The monoisotopic (exact) mass is 472 g/mol. The van der Waals surface area contributed by atoms with Crippen molar-refractivity contribution in [2.75, 3.05) is 0 Å². The van der Waals surface area contributed by atoms with Crippen molar-refractivity contribution in [1.29, 1.82) is 0 Å². The smallest absolute Gasteiger partial charge is 0.338 e. The molecule has 0 radical (unpaired) electrons. The summed E-state index contributed by atoms with van der Waals surface area (Å²) in [6.45, 7) is 11.8. The van der Waals surface area contributed by atoms with E-state index in [0.717, 1.165) is 12.2 Å². The lowest BCUT2D eigenvalue weighted by Gasteiger charge is -2.14. The first-order valence-corrected chi connectivity index (χ1v) is 10.3. The zero-order valence-electron chi connectivity index (χ0n) is 18.9. The molecule has 0 aliphatic rings. The van der Waals surface area contributed by atoms with Gasteiger partial charge < -0.3 is 14.2 Å². The fourth-order valence-electron chi connectivity index (χ4n) is 2.99. The van der Waals surface area contributed by atoms with Crippen LogP contribution in [-0.2, 0) is 14.4 Å². The molecule has 7 heteroatoms. The molecule has 0 spiro atoms. The largest absolute Gasteiger partial charge is 0.423 e. The molecule has 0 unspecified atom stereocenters. The molecule has 0 N–H and O–H groups in total. The van der Waals surface area contributed by atoms with Crippen LogP contribution >= 0.6 is 0 Å². The second-order valence-corrected chi connectivity index (χ2v) is 7.30. The lowest BCUT2D eigenvalue weighted by molar-refractivity contribution is -0.130. The van der Waals surface area contributed by atoms with E-state index in [1.165, 1.54) is 43.3 Å². The lowest BCUT2D eigenvalue weighted by Crippen LogP contribution is -2.09. The van der Waals surface area contributed by atoms with Gasteiger partial charge in [0.25, 0.3) is 0 Å². The van der Waals surface area contributed by atoms with E-state index >= 15 is 4.39 Å². The molecule has 0 heterocycles. The number of ether oxygens (including phenoxy) is 3. The van der Waals surface area contributed by atoms with Crippen molar-refractivity contribution < 1.29 is 33.0 Å².